The number of rotatable bonds is 7. The van der Waals surface area contributed by atoms with Crippen molar-refractivity contribution >= 4 is 23.3 Å². The summed E-state index contributed by atoms with van der Waals surface area (Å²) in [7, 11) is 0. The number of aliphatic hydroxyl groups excluding tert-OH is 2. The second-order valence-electron chi connectivity index (χ2n) is 9.94. The van der Waals surface area contributed by atoms with Gasteiger partial charge in [-0.25, -0.2) is 4.79 Å². The molecular weight excluding hydrogens is 452 g/mol. The van der Waals surface area contributed by atoms with Crippen molar-refractivity contribution in [3.8, 4) is 0 Å². The molecule has 4 rings (SSSR count). The van der Waals surface area contributed by atoms with Crippen LogP contribution in [-0.2, 0) is 23.9 Å². The van der Waals surface area contributed by atoms with Crippen molar-refractivity contribution in [2.45, 2.75) is 58.7 Å². The van der Waals surface area contributed by atoms with Crippen molar-refractivity contribution in [2.75, 3.05) is 0 Å². The van der Waals surface area contributed by atoms with E-state index in [4.69, 9.17) is 4.74 Å². The van der Waals surface area contributed by atoms with Crippen molar-refractivity contribution in [1.29, 1.82) is 0 Å². The number of carbonyl (C=O) groups excluding carboxylic acids is 4. The summed E-state index contributed by atoms with van der Waals surface area (Å²) < 4.78 is 5.58. The molecule has 188 valence electrons. The number of hydrogen-bond donors (Lipinski definition) is 3. The molecule has 0 spiro atoms. The van der Waals surface area contributed by atoms with E-state index in [1.807, 2.05) is 0 Å². The van der Waals surface area contributed by atoms with Crippen molar-refractivity contribution in [3.63, 3.8) is 0 Å². The van der Waals surface area contributed by atoms with Gasteiger partial charge < -0.3 is 20.1 Å². The summed E-state index contributed by atoms with van der Waals surface area (Å²) in [6.45, 7) is 10.6. The van der Waals surface area contributed by atoms with Gasteiger partial charge in [-0.15, -0.1) is 6.58 Å². The summed E-state index contributed by atoms with van der Waals surface area (Å²) in [6, 6.07) is 0. The minimum atomic E-state index is -2.20. The number of ketones is 3. The lowest BCUT2D eigenvalue weighted by Crippen LogP contribution is -2.75. The van der Waals surface area contributed by atoms with Crippen LogP contribution >= 0.6 is 0 Å². The maximum Gasteiger partial charge on any atom is 0.338 e. The SMILES string of the molecule is C=CCCC(=O)C1C([C@]2(C)OC(=O)C(C)=C2O)C2\C(=C(O)/C=C/C=C/C)C(=O)C1(C)C(=O)[C@@]2(C)O. The van der Waals surface area contributed by atoms with E-state index in [0.717, 1.165) is 0 Å². The van der Waals surface area contributed by atoms with Crippen LogP contribution in [-0.4, -0.2) is 49.8 Å². The molecule has 1 heterocycles. The Hall–Kier alpha value is -3.26. The van der Waals surface area contributed by atoms with E-state index >= 15 is 0 Å². The summed E-state index contributed by atoms with van der Waals surface area (Å²) in [6.07, 6.45) is 7.81. The number of carbonyl (C=O) groups is 4. The third kappa shape index (κ3) is 3.54. The zero-order chi connectivity index (χ0) is 26.5. The molecule has 6 atom stereocenters. The summed E-state index contributed by atoms with van der Waals surface area (Å²) in [5.41, 5.74) is -6.41. The molecule has 8 nitrogen and oxygen atoms in total. The Balaban J connectivity index is 2.39. The third-order valence-electron chi connectivity index (χ3n) is 7.75. The lowest BCUT2D eigenvalue weighted by Gasteiger charge is -2.61. The molecule has 4 aliphatic rings. The number of Topliss-reactive ketones (excluding diaryl/α,β-unsaturated/α-hetero) is 3. The van der Waals surface area contributed by atoms with E-state index in [9.17, 15) is 34.5 Å². The number of allylic oxidation sites excluding steroid dienone is 5. The average molecular weight is 485 g/mol. The molecule has 4 unspecified atom stereocenters. The van der Waals surface area contributed by atoms with Crippen molar-refractivity contribution in [3.05, 3.63) is 59.6 Å². The van der Waals surface area contributed by atoms with E-state index in [-0.39, 0.29) is 24.0 Å². The van der Waals surface area contributed by atoms with Gasteiger partial charge >= 0.3 is 5.97 Å². The molecule has 0 saturated heterocycles. The Kier molecular flexibility index (Phi) is 6.59. The quantitative estimate of drug-likeness (QED) is 0.125. The number of esters is 1. The Bertz CT molecular complexity index is 1130. The van der Waals surface area contributed by atoms with Gasteiger partial charge in [0.2, 0.25) is 0 Å². The smallest absolute Gasteiger partial charge is 0.338 e. The van der Waals surface area contributed by atoms with Crippen LogP contribution in [0.1, 0.15) is 47.5 Å². The molecule has 3 fully saturated rings. The summed E-state index contributed by atoms with van der Waals surface area (Å²) in [5.74, 6) is -7.80. The van der Waals surface area contributed by atoms with Crippen molar-refractivity contribution < 1.29 is 39.2 Å². The number of aliphatic hydroxyl groups is 3. The summed E-state index contributed by atoms with van der Waals surface area (Å²) in [5, 5.41) is 33.4. The van der Waals surface area contributed by atoms with Crippen LogP contribution in [0.25, 0.3) is 0 Å². The number of fused-ring (bicyclic) bond motifs is 3. The highest BCUT2D eigenvalue weighted by Crippen LogP contribution is 2.64. The van der Waals surface area contributed by atoms with Gasteiger partial charge in [-0.2, -0.15) is 0 Å². The van der Waals surface area contributed by atoms with E-state index in [0.29, 0.717) is 0 Å². The Morgan fingerprint density at radius 3 is 2.31 bits per heavy atom. The van der Waals surface area contributed by atoms with Crippen LogP contribution in [0.5, 0.6) is 0 Å². The molecule has 3 saturated carbocycles. The summed E-state index contributed by atoms with van der Waals surface area (Å²) >= 11 is 0. The van der Waals surface area contributed by atoms with Crippen LogP contribution in [0.15, 0.2) is 59.6 Å². The van der Waals surface area contributed by atoms with Gasteiger partial charge in [0.25, 0.3) is 0 Å². The first-order valence-electron chi connectivity index (χ1n) is 11.5. The van der Waals surface area contributed by atoms with Crippen molar-refractivity contribution in [2.24, 2.45) is 23.2 Å². The Labute approximate surface area is 204 Å². The first kappa shape index (κ1) is 26.3. The molecule has 3 N–H and O–H groups in total. The maximum atomic E-state index is 13.8. The van der Waals surface area contributed by atoms with E-state index < -0.39 is 69.2 Å². The molecule has 35 heavy (non-hydrogen) atoms. The Morgan fingerprint density at radius 2 is 1.80 bits per heavy atom. The van der Waals surface area contributed by atoms with Gasteiger partial charge in [0.15, 0.2) is 17.2 Å². The first-order chi connectivity index (χ1) is 16.2. The van der Waals surface area contributed by atoms with Gasteiger partial charge in [-0.3, -0.25) is 14.4 Å². The molecular formula is C27H32O8. The predicted molar refractivity (Wildman–Crippen MR) is 127 cm³/mol. The van der Waals surface area contributed by atoms with Gasteiger partial charge in [0.1, 0.15) is 28.3 Å². The zero-order valence-corrected chi connectivity index (χ0v) is 20.6. The number of hydrogen-bond acceptors (Lipinski definition) is 8. The normalized spacial score (nSPS) is 38.6. The topological polar surface area (TPSA) is 138 Å². The molecule has 0 aromatic heterocycles. The van der Waals surface area contributed by atoms with Gasteiger partial charge in [-0.05, 0) is 47.1 Å². The van der Waals surface area contributed by atoms with Crippen LogP contribution in [0.4, 0.5) is 0 Å². The summed E-state index contributed by atoms with van der Waals surface area (Å²) in [4.78, 5) is 53.4. The number of cyclic esters (lactones) is 1. The standard InChI is InChI=1S/C27H32O8/c1-7-9-11-13-15(28)17-19-20(27(6)21(30)14(3)23(32)35-27)18(16(29)12-10-8-2)25(4,22(17)31)24(33)26(19,5)34/h7-9,11,13,18-20,28,30,34H,2,10,12H2,1,3-6H3/b9-7+,13-11+,17-15-/t18?,19?,20?,25?,26-,27-/m0/s1. The molecule has 1 aliphatic heterocycles. The molecule has 3 aliphatic carbocycles. The van der Waals surface area contributed by atoms with Gasteiger partial charge in [0, 0.05) is 29.7 Å². The number of ether oxygens (including phenoxy) is 1. The van der Waals surface area contributed by atoms with Crippen LogP contribution in [0, 0.1) is 23.2 Å². The third-order valence-corrected chi connectivity index (χ3v) is 7.75. The molecule has 0 aromatic carbocycles. The minimum absolute atomic E-state index is 0.0462. The zero-order valence-electron chi connectivity index (χ0n) is 20.6. The minimum Gasteiger partial charge on any atom is -0.508 e. The second-order valence-corrected chi connectivity index (χ2v) is 9.94. The molecule has 0 radical (unpaired) electrons. The van der Waals surface area contributed by atoms with Gasteiger partial charge in [-0.1, -0.05) is 24.3 Å². The molecule has 2 bridgehead atoms. The van der Waals surface area contributed by atoms with Gasteiger partial charge in [0.05, 0.1) is 5.57 Å². The highest BCUT2D eigenvalue weighted by molar-refractivity contribution is 6.23. The van der Waals surface area contributed by atoms with E-state index in [1.165, 1.54) is 45.9 Å². The Morgan fingerprint density at radius 1 is 1.17 bits per heavy atom. The van der Waals surface area contributed by atoms with E-state index in [1.54, 1.807) is 19.1 Å². The molecule has 0 amide bonds. The second kappa shape index (κ2) is 8.75. The monoisotopic (exact) mass is 484 g/mol. The lowest BCUT2D eigenvalue weighted by atomic mass is 9.40. The van der Waals surface area contributed by atoms with Crippen LogP contribution < -0.4 is 0 Å². The highest BCUT2D eigenvalue weighted by atomic mass is 16.6. The fourth-order valence-corrected chi connectivity index (χ4v) is 6.03. The highest BCUT2D eigenvalue weighted by Gasteiger charge is 2.77. The lowest BCUT2D eigenvalue weighted by molar-refractivity contribution is -0.204. The van der Waals surface area contributed by atoms with Crippen LogP contribution in [0.3, 0.4) is 0 Å². The first-order valence-corrected chi connectivity index (χ1v) is 11.5. The average Bonchev–Trinajstić information content (AvgIpc) is 2.99. The van der Waals surface area contributed by atoms with E-state index in [2.05, 4.69) is 6.58 Å². The maximum absolute atomic E-state index is 13.8. The van der Waals surface area contributed by atoms with Crippen molar-refractivity contribution in [1.82, 2.24) is 0 Å². The van der Waals surface area contributed by atoms with Crippen LogP contribution in [0.2, 0.25) is 0 Å². The predicted octanol–water partition coefficient (Wildman–Crippen LogP) is 3.38. The molecule has 0 aromatic rings. The fourth-order valence-electron chi connectivity index (χ4n) is 6.03. The largest absolute Gasteiger partial charge is 0.508 e. The fraction of sp³-hybridized carbons (Fsp3) is 0.481. The molecule has 8 heteroatoms.